The molecule has 0 saturated carbocycles. The first-order valence-corrected chi connectivity index (χ1v) is 14.1. The molecule has 0 aliphatic carbocycles. The van der Waals surface area contributed by atoms with Crippen LogP contribution in [-0.4, -0.2) is 64.8 Å². The number of likely N-dealkylation sites (N-methyl/N-ethyl adjacent to an activating group) is 1. The normalized spacial score (nSPS) is 16.5. The van der Waals surface area contributed by atoms with Crippen LogP contribution < -0.4 is 4.72 Å². The van der Waals surface area contributed by atoms with Crippen LogP contribution in [0.15, 0.2) is 64.4 Å². The van der Waals surface area contributed by atoms with Gasteiger partial charge in [-0.15, -0.1) is 0 Å². The van der Waals surface area contributed by atoms with Crippen LogP contribution >= 0.6 is 0 Å². The molecule has 0 radical (unpaired) electrons. The standard InChI is InChI=1S/C23H33N3O4S2/c1-3-25(4-2)21(18-20-10-6-5-7-11-20)19-24-31(27,28)22-12-14-23(15-13-22)32(29,30)26-16-8-9-17-26/h5-7,10-15,21,24H,3-4,8-9,16-19H2,1-2H3. The van der Waals surface area contributed by atoms with Crippen molar-refractivity contribution >= 4 is 20.0 Å². The van der Waals surface area contributed by atoms with Crippen LogP contribution in [0.25, 0.3) is 0 Å². The molecule has 3 rings (SSSR count). The molecule has 9 heteroatoms. The van der Waals surface area contributed by atoms with Crippen molar-refractivity contribution < 1.29 is 16.8 Å². The van der Waals surface area contributed by atoms with Crippen molar-refractivity contribution in [1.29, 1.82) is 0 Å². The van der Waals surface area contributed by atoms with E-state index in [0.717, 1.165) is 37.9 Å². The summed E-state index contributed by atoms with van der Waals surface area (Å²) in [6, 6.07) is 15.5. The zero-order chi connectivity index (χ0) is 23.2. The van der Waals surface area contributed by atoms with Gasteiger partial charge in [0.1, 0.15) is 0 Å². The zero-order valence-electron chi connectivity index (χ0n) is 18.8. The molecule has 2 aromatic carbocycles. The van der Waals surface area contributed by atoms with Gasteiger partial charge in [-0.25, -0.2) is 21.6 Å². The highest BCUT2D eigenvalue weighted by atomic mass is 32.2. The van der Waals surface area contributed by atoms with Crippen LogP contribution in [0, 0.1) is 0 Å². The van der Waals surface area contributed by atoms with Gasteiger partial charge in [0.05, 0.1) is 9.79 Å². The molecule has 1 atom stereocenters. The fraction of sp³-hybridized carbons (Fsp3) is 0.478. The molecule has 0 spiro atoms. The summed E-state index contributed by atoms with van der Waals surface area (Å²) in [5.41, 5.74) is 1.15. The van der Waals surface area contributed by atoms with Crippen LogP contribution in [0.5, 0.6) is 0 Å². The number of benzene rings is 2. The lowest BCUT2D eigenvalue weighted by Crippen LogP contribution is -2.45. The van der Waals surface area contributed by atoms with Crippen molar-refractivity contribution in [3.05, 3.63) is 60.2 Å². The molecule has 176 valence electrons. The summed E-state index contributed by atoms with van der Waals surface area (Å²) in [5, 5.41) is 0. The lowest BCUT2D eigenvalue weighted by molar-refractivity contribution is 0.216. The molecule has 32 heavy (non-hydrogen) atoms. The number of sulfonamides is 2. The summed E-state index contributed by atoms with van der Waals surface area (Å²) >= 11 is 0. The van der Waals surface area contributed by atoms with Gasteiger partial charge in [-0.3, -0.25) is 4.90 Å². The van der Waals surface area contributed by atoms with E-state index in [9.17, 15) is 16.8 Å². The monoisotopic (exact) mass is 479 g/mol. The van der Waals surface area contributed by atoms with Crippen LogP contribution in [-0.2, 0) is 26.5 Å². The minimum absolute atomic E-state index is 0.0111. The molecule has 1 unspecified atom stereocenters. The summed E-state index contributed by atoms with van der Waals surface area (Å²) < 4.78 is 55.4. The Balaban J connectivity index is 1.72. The largest absolute Gasteiger partial charge is 0.299 e. The first kappa shape index (κ1) is 24.9. The smallest absolute Gasteiger partial charge is 0.243 e. The molecule has 0 aromatic heterocycles. The van der Waals surface area contributed by atoms with Gasteiger partial charge >= 0.3 is 0 Å². The summed E-state index contributed by atoms with van der Waals surface area (Å²) in [6.07, 6.45) is 2.44. The molecule has 7 nitrogen and oxygen atoms in total. The van der Waals surface area contributed by atoms with E-state index in [1.54, 1.807) is 0 Å². The summed E-state index contributed by atoms with van der Waals surface area (Å²) in [7, 11) is -7.33. The quantitative estimate of drug-likeness (QED) is 0.536. The Labute approximate surface area is 192 Å². The van der Waals surface area contributed by atoms with E-state index in [0.29, 0.717) is 13.1 Å². The van der Waals surface area contributed by atoms with Crippen molar-refractivity contribution in [3.8, 4) is 0 Å². The average molecular weight is 480 g/mol. The van der Waals surface area contributed by atoms with E-state index in [1.807, 2.05) is 30.3 Å². The predicted molar refractivity (Wildman–Crippen MR) is 126 cm³/mol. The van der Waals surface area contributed by atoms with E-state index < -0.39 is 20.0 Å². The van der Waals surface area contributed by atoms with Gasteiger partial charge in [-0.05, 0) is 62.2 Å². The van der Waals surface area contributed by atoms with E-state index in [4.69, 9.17) is 0 Å². The maximum Gasteiger partial charge on any atom is 0.243 e. The lowest BCUT2D eigenvalue weighted by Gasteiger charge is -2.30. The Morgan fingerprint density at radius 3 is 2.00 bits per heavy atom. The van der Waals surface area contributed by atoms with E-state index in [1.165, 1.54) is 28.6 Å². The maximum absolute atomic E-state index is 12.9. The number of nitrogens with one attached hydrogen (secondary N) is 1. The molecular formula is C23H33N3O4S2. The lowest BCUT2D eigenvalue weighted by atomic mass is 10.0. The van der Waals surface area contributed by atoms with E-state index in [2.05, 4.69) is 23.5 Å². The Hall–Kier alpha value is -1.78. The Morgan fingerprint density at radius 1 is 0.875 bits per heavy atom. The van der Waals surface area contributed by atoms with Crippen molar-refractivity contribution in [1.82, 2.24) is 13.9 Å². The van der Waals surface area contributed by atoms with Gasteiger partial charge in [0.15, 0.2) is 0 Å². The molecule has 1 N–H and O–H groups in total. The van der Waals surface area contributed by atoms with Gasteiger partial charge in [-0.2, -0.15) is 4.31 Å². The van der Waals surface area contributed by atoms with Gasteiger partial charge in [0, 0.05) is 25.7 Å². The molecule has 0 bridgehead atoms. The van der Waals surface area contributed by atoms with Crippen LogP contribution in [0.2, 0.25) is 0 Å². The molecule has 1 aliphatic heterocycles. The number of hydrogen-bond acceptors (Lipinski definition) is 5. The van der Waals surface area contributed by atoms with E-state index >= 15 is 0 Å². The molecule has 2 aromatic rings. The van der Waals surface area contributed by atoms with Gasteiger partial charge in [0.25, 0.3) is 0 Å². The van der Waals surface area contributed by atoms with Gasteiger partial charge in [-0.1, -0.05) is 44.2 Å². The molecule has 1 fully saturated rings. The van der Waals surface area contributed by atoms with Crippen molar-refractivity contribution in [2.75, 3.05) is 32.7 Å². The maximum atomic E-state index is 12.9. The van der Waals surface area contributed by atoms with Gasteiger partial charge < -0.3 is 0 Å². The third-order valence-electron chi connectivity index (χ3n) is 5.99. The number of hydrogen-bond donors (Lipinski definition) is 1. The van der Waals surface area contributed by atoms with Crippen molar-refractivity contribution in [2.24, 2.45) is 0 Å². The third kappa shape index (κ3) is 5.96. The molecule has 1 aliphatic rings. The highest BCUT2D eigenvalue weighted by Crippen LogP contribution is 2.22. The van der Waals surface area contributed by atoms with Crippen LogP contribution in [0.4, 0.5) is 0 Å². The second-order valence-electron chi connectivity index (χ2n) is 8.00. The highest BCUT2D eigenvalue weighted by Gasteiger charge is 2.28. The highest BCUT2D eigenvalue weighted by molar-refractivity contribution is 7.89. The molecule has 1 saturated heterocycles. The fourth-order valence-corrected chi connectivity index (χ4v) is 6.70. The first-order valence-electron chi connectivity index (χ1n) is 11.2. The second kappa shape index (κ2) is 10.9. The Kier molecular flexibility index (Phi) is 8.46. The topological polar surface area (TPSA) is 86.8 Å². The predicted octanol–water partition coefficient (Wildman–Crippen LogP) is 2.70. The number of nitrogens with zero attached hydrogens (tertiary/aromatic N) is 2. The molecular weight excluding hydrogens is 446 g/mol. The first-order chi connectivity index (χ1) is 15.3. The third-order valence-corrected chi connectivity index (χ3v) is 9.34. The number of rotatable bonds is 11. The summed E-state index contributed by atoms with van der Waals surface area (Å²) in [6.45, 7) is 7.06. The average Bonchev–Trinajstić information content (AvgIpc) is 3.35. The minimum atomic E-state index is -3.76. The van der Waals surface area contributed by atoms with Gasteiger partial charge in [0.2, 0.25) is 20.0 Å². The molecule has 1 heterocycles. The fourth-order valence-electron chi connectivity index (χ4n) is 4.11. The second-order valence-corrected chi connectivity index (χ2v) is 11.7. The minimum Gasteiger partial charge on any atom is -0.299 e. The van der Waals surface area contributed by atoms with Crippen molar-refractivity contribution in [3.63, 3.8) is 0 Å². The SMILES string of the molecule is CCN(CC)C(CNS(=O)(=O)c1ccc(S(=O)(=O)N2CCCC2)cc1)Cc1ccccc1. The molecule has 0 amide bonds. The van der Waals surface area contributed by atoms with Crippen LogP contribution in [0.1, 0.15) is 32.3 Å². The van der Waals surface area contributed by atoms with Crippen molar-refractivity contribution in [2.45, 2.75) is 48.9 Å². The summed E-state index contributed by atoms with van der Waals surface area (Å²) in [5.74, 6) is 0. The summed E-state index contributed by atoms with van der Waals surface area (Å²) in [4.78, 5) is 2.43. The zero-order valence-corrected chi connectivity index (χ0v) is 20.4. The van der Waals surface area contributed by atoms with Crippen LogP contribution in [0.3, 0.4) is 0 Å². The Bertz CT molecular complexity index is 1060. The Morgan fingerprint density at radius 2 is 1.44 bits per heavy atom. The van der Waals surface area contributed by atoms with E-state index in [-0.39, 0.29) is 22.4 Å².